The van der Waals surface area contributed by atoms with Crippen molar-refractivity contribution in [2.75, 3.05) is 19.8 Å². The Kier molecular flexibility index (Phi) is 6.57. The topological polar surface area (TPSA) is 50.7 Å². The number of ether oxygens (including phenoxy) is 2. The number of rotatable bonds is 8. The Morgan fingerprint density at radius 3 is 3.00 bits per heavy atom. The van der Waals surface area contributed by atoms with Crippen LogP contribution in [-0.2, 0) is 16.1 Å². The quantitative estimate of drug-likeness (QED) is 0.769. The van der Waals surface area contributed by atoms with Crippen LogP contribution in [0.4, 0.5) is 4.39 Å². The molecule has 2 N–H and O–H groups in total. The van der Waals surface area contributed by atoms with E-state index in [1.54, 1.807) is 18.2 Å². The Labute approximate surface area is 125 Å². The van der Waals surface area contributed by atoms with E-state index in [0.717, 1.165) is 19.4 Å². The molecule has 0 saturated carbocycles. The van der Waals surface area contributed by atoms with Gasteiger partial charge in [0.2, 0.25) is 0 Å². The molecule has 1 saturated heterocycles. The van der Waals surface area contributed by atoms with Crippen molar-refractivity contribution < 1.29 is 19.0 Å². The minimum Gasteiger partial charge on any atom is -0.389 e. The predicted octanol–water partition coefficient (Wildman–Crippen LogP) is 1.86. The molecule has 3 atom stereocenters. The van der Waals surface area contributed by atoms with Crippen LogP contribution in [0.3, 0.4) is 0 Å². The summed E-state index contributed by atoms with van der Waals surface area (Å²) < 4.78 is 24.3. The zero-order chi connectivity index (χ0) is 15.1. The fourth-order valence-electron chi connectivity index (χ4n) is 2.43. The van der Waals surface area contributed by atoms with E-state index in [9.17, 15) is 9.50 Å². The molecule has 3 unspecified atom stereocenters. The Morgan fingerprint density at radius 1 is 1.48 bits per heavy atom. The lowest BCUT2D eigenvalue weighted by atomic mass is 10.1. The number of hydrogen-bond acceptors (Lipinski definition) is 4. The highest BCUT2D eigenvalue weighted by Gasteiger charge is 2.22. The van der Waals surface area contributed by atoms with Crippen molar-refractivity contribution in [2.24, 2.45) is 0 Å². The second-order valence-electron chi connectivity index (χ2n) is 5.51. The molecule has 0 radical (unpaired) electrons. The third-order valence-electron chi connectivity index (χ3n) is 3.72. The Balaban J connectivity index is 1.61. The smallest absolute Gasteiger partial charge is 0.128 e. The summed E-state index contributed by atoms with van der Waals surface area (Å²) in [5.41, 5.74) is 0.505. The van der Waals surface area contributed by atoms with Gasteiger partial charge in [0.25, 0.3) is 0 Å². The molecule has 21 heavy (non-hydrogen) atoms. The molecule has 0 amide bonds. The van der Waals surface area contributed by atoms with Gasteiger partial charge in [-0.3, -0.25) is 0 Å². The van der Waals surface area contributed by atoms with Gasteiger partial charge in [-0.25, -0.2) is 4.39 Å². The minimum absolute atomic E-state index is 0.172. The summed E-state index contributed by atoms with van der Waals surface area (Å²) in [6.45, 7) is 3.68. The molecule has 118 valence electrons. The number of halogens is 1. The van der Waals surface area contributed by atoms with Gasteiger partial charge in [-0.2, -0.15) is 0 Å². The van der Waals surface area contributed by atoms with E-state index in [0.29, 0.717) is 12.1 Å². The van der Waals surface area contributed by atoms with Crippen molar-refractivity contribution >= 4 is 0 Å². The predicted molar refractivity (Wildman–Crippen MR) is 78.5 cm³/mol. The maximum absolute atomic E-state index is 13.4. The highest BCUT2D eigenvalue weighted by Crippen LogP contribution is 2.15. The van der Waals surface area contributed by atoms with Crippen molar-refractivity contribution in [1.82, 2.24) is 5.32 Å². The number of aliphatic hydroxyl groups excluding tert-OH is 1. The first-order valence-electron chi connectivity index (χ1n) is 7.51. The first-order chi connectivity index (χ1) is 10.2. The summed E-state index contributed by atoms with van der Waals surface area (Å²) in [5.74, 6) is -0.280. The van der Waals surface area contributed by atoms with Gasteiger partial charge in [0.1, 0.15) is 5.82 Å². The zero-order valence-electron chi connectivity index (χ0n) is 12.4. The molecule has 1 aromatic carbocycles. The van der Waals surface area contributed by atoms with Crippen LogP contribution in [0.5, 0.6) is 0 Å². The van der Waals surface area contributed by atoms with Crippen molar-refractivity contribution in [3.63, 3.8) is 0 Å². The lowest BCUT2D eigenvalue weighted by Crippen LogP contribution is -2.42. The molecule has 5 heteroatoms. The van der Waals surface area contributed by atoms with Gasteiger partial charge in [0, 0.05) is 24.8 Å². The number of benzene rings is 1. The zero-order valence-corrected chi connectivity index (χ0v) is 12.4. The van der Waals surface area contributed by atoms with E-state index in [1.807, 2.05) is 0 Å². The molecule has 1 aliphatic heterocycles. The Bertz CT molecular complexity index is 424. The number of hydrogen-bond donors (Lipinski definition) is 2. The fourth-order valence-corrected chi connectivity index (χ4v) is 2.43. The molecule has 1 fully saturated rings. The summed E-state index contributed by atoms with van der Waals surface area (Å²) >= 11 is 0. The monoisotopic (exact) mass is 297 g/mol. The summed E-state index contributed by atoms with van der Waals surface area (Å²) in [4.78, 5) is 0. The van der Waals surface area contributed by atoms with Crippen LogP contribution in [0, 0.1) is 5.82 Å². The number of aliphatic hydroxyl groups is 1. The van der Waals surface area contributed by atoms with E-state index < -0.39 is 6.10 Å². The van der Waals surface area contributed by atoms with Gasteiger partial charge in [0.05, 0.1) is 25.4 Å². The number of nitrogens with one attached hydrogen (secondary N) is 1. The van der Waals surface area contributed by atoms with Gasteiger partial charge in [-0.1, -0.05) is 18.2 Å². The van der Waals surface area contributed by atoms with Crippen molar-refractivity contribution in [2.45, 2.75) is 44.6 Å². The molecule has 0 bridgehead atoms. The third kappa shape index (κ3) is 5.36. The van der Waals surface area contributed by atoms with E-state index in [4.69, 9.17) is 9.47 Å². The van der Waals surface area contributed by atoms with Gasteiger partial charge >= 0.3 is 0 Å². The third-order valence-corrected chi connectivity index (χ3v) is 3.72. The average Bonchev–Trinajstić information content (AvgIpc) is 3.01. The lowest BCUT2D eigenvalue weighted by Gasteiger charge is -2.21. The molecule has 2 rings (SSSR count). The van der Waals surface area contributed by atoms with Crippen LogP contribution in [0.15, 0.2) is 24.3 Å². The molecule has 0 aromatic heterocycles. The Hall–Kier alpha value is -1.01. The summed E-state index contributed by atoms with van der Waals surface area (Å²) in [6, 6.07) is 6.71. The van der Waals surface area contributed by atoms with Crippen LogP contribution in [0.1, 0.15) is 25.3 Å². The molecule has 1 aliphatic rings. The molecular weight excluding hydrogens is 273 g/mol. The normalized spacial score (nSPS) is 21.4. The highest BCUT2D eigenvalue weighted by molar-refractivity contribution is 5.16. The van der Waals surface area contributed by atoms with Gasteiger partial charge in [-0.05, 0) is 25.8 Å². The maximum atomic E-state index is 13.4. The second-order valence-corrected chi connectivity index (χ2v) is 5.51. The Morgan fingerprint density at radius 2 is 2.29 bits per heavy atom. The van der Waals surface area contributed by atoms with E-state index in [1.165, 1.54) is 6.07 Å². The molecule has 4 nitrogen and oxygen atoms in total. The standard InChI is InChI=1S/C16H24FNO3/c1-12(16-7-4-8-21-16)18-9-14(19)11-20-10-13-5-2-3-6-15(13)17/h2-3,5-6,12,14,16,18-19H,4,7-11H2,1H3. The second kappa shape index (κ2) is 8.44. The summed E-state index contributed by atoms with van der Waals surface area (Å²) in [6.07, 6.45) is 1.79. The van der Waals surface area contributed by atoms with Crippen LogP contribution in [0.25, 0.3) is 0 Å². The van der Waals surface area contributed by atoms with E-state index in [2.05, 4.69) is 12.2 Å². The summed E-state index contributed by atoms with van der Waals surface area (Å²) in [5, 5.41) is 13.1. The average molecular weight is 297 g/mol. The SMILES string of the molecule is CC(NCC(O)COCc1ccccc1F)C1CCCO1. The highest BCUT2D eigenvalue weighted by atomic mass is 19.1. The largest absolute Gasteiger partial charge is 0.389 e. The molecule has 1 aromatic rings. The van der Waals surface area contributed by atoms with Crippen LogP contribution in [-0.4, -0.2) is 43.1 Å². The van der Waals surface area contributed by atoms with E-state index >= 15 is 0 Å². The summed E-state index contributed by atoms with van der Waals surface area (Å²) in [7, 11) is 0. The fraction of sp³-hybridized carbons (Fsp3) is 0.625. The minimum atomic E-state index is -0.611. The van der Waals surface area contributed by atoms with Crippen molar-refractivity contribution in [3.05, 3.63) is 35.6 Å². The van der Waals surface area contributed by atoms with Gasteiger partial charge in [0.15, 0.2) is 0 Å². The first kappa shape index (κ1) is 16.4. The molecule has 0 aliphatic carbocycles. The molecule has 0 spiro atoms. The van der Waals surface area contributed by atoms with Crippen molar-refractivity contribution in [3.8, 4) is 0 Å². The van der Waals surface area contributed by atoms with Gasteiger partial charge < -0.3 is 19.9 Å². The molecule has 1 heterocycles. The van der Waals surface area contributed by atoms with E-state index in [-0.39, 0.29) is 31.2 Å². The molecular formula is C16H24FNO3. The van der Waals surface area contributed by atoms with Crippen molar-refractivity contribution in [1.29, 1.82) is 0 Å². The van der Waals surface area contributed by atoms with Crippen LogP contribution < -0.4 is 5.32 Å². The maximum Gasteiger partial charge on any atom is 0.128 e. The van der Waals surface area contributed by atoms with Gasteiger partial charge in [-0.15, -0.1) is 0 Å². The first-order valence-corrected chi connectivity index (χ1v) is 7.51. The van der Waals surface area contributed by atoms with Crippen LogP contribution >= 0.6 is 0 Å². The van der Waals surface area contributed by atoms with Crippen LogP contribution in [0.2, 0.25) is 0 Å². The lowest BCUT2D eigenvalue weighted by molar-refractivity contribution is 0.0216.